The van der Waals surface area contributed by atoms with E-state index in [9.17, 15) is 4.79 Å². The van der Waals surface area contributed by atoms with Gasteiger partial charge in [0.15, 0.2) is 5.78 Å². The highest BCUT2D eigenvalue weighted by molar-refractivity contribution is 6.20. The molecule has 162 valence electrons. The summed E-state index contributed by atoms with van der Waals surface area (Å²) in [6, 6.07) is 37.2. The summed E-state index contributed by atoms with van der Waals surface area (Å²) in [6.45, 7) is 0. The minimum atomic E-state index is -0.469. The number of anilines is 1. The zero-order valence-corrected chi connectivity index (χ0v) is 18.3. The molecule has 1 heterocycles. The second-order valence-corrected chi connectivity index (χ2v) is 7.96. The minimum Gasteiger partial charge on any atom is -0.497 e. The van der Waals surface area contributed by atoms with Crippen LogP contribution in [0.1, 0.15) is 27.5 Å². The van der Waals surface area contributed by atoms with Crippen molar-refractivity contribution in [1.82, 2.24) is 0 Å². The van der Waals surface area contributed by atoms with Crippen LogP contribution in [0.5, 0.6) is 5.75 Å². The van der Waals surface area contributed by atoms with E-state index in [1.54, 1.807) is 7.11 Å². The molecule has 0 saturated carbocycles. The quantitative estimate of drug-likeness (QED) is 0.343. The summed E-state index contributed by atoms with van der Waals surface area (Å²) in [5, 5.41) is 7.04. The summed E-state index contributed by atoms with van der Waals surface area (Å²) in [4.78, 5) is 14.0. The molecule has 0 aromatic heterocycles. The van der Waals surface area contributed by atoms with Crippen molar-refractivity contribution >= 4 is 17.2 Å². The first-order valence-corrected chi connectivity index (χ1v) is 11.0. The standard InChI is InChI=1S/C29H24N2O2/c1-33-25-19-17-23(18-20-25)29(32)26-27(21-11-5-2-6-12-21)30-31(24-15-9-4-10-16-24)28(26)22-13-7-3-8-14-22/h2-20,26,28H,1H3/t26-,28+/m0/s1. The molecule has 2 atom stereocenters. The van der Waals surface area contributed by atoms with E-state index < -0.39 is 5.92 Å². The first-order chi connectivity index (χ1) is 16.3. The van der Waals surface area contributed by atoms with Crippen LogP contribution >= 0.6 is 0 Å². The molecule has 0 saturated heterocycles. The molecule has 0 spiro atoms. The first-order valence-electron chi connectivity index (χ1n) is 11.0. The Labute approximate surface area is 193 Å². The summed E-state index contributed by atoms with van der Waals surface area (Å²) in [5.41, 5.74) is 4.35. The molecule has 0 unspecified atom stereocenters. The van der Waals surface area contributed by atoms with Gasteiger partial charge in [-0.15, -0.1) is 0 Å². The third-order valence-electron chi connectivity index (χ3n) is 5.98. The van der Waals surface area contributed by atoms with Crippen molar-refractivity contribution in [2.45, 2.75) is 6.04 Å². The van der Waals surface area contributed by atoms with Crippen LogP contribution < -0.4 is 9.75 Å². The van der Waals surface area contributed by atoms with Gasteiger partial charge in [-0.05, 0) is 47.5 Å². The van der Waals surface area contributed by atoms with Gasteiger partial charge in [0.05, 0.1) is 30.5 Å². The van der Waals surface area contributed by atoms with Gasteiger partial charge in [0.2, 0.25) is 0 Å². The molecular weight excluding hydrogens is 408 g/mol. The zero-order valence-electron chi connectivity index (χ0n) is 18.3. The van der Waals surface area contributed by atoms with Crippen molar-refractivity contribution in [1.29, 1.82) is 0 Å². The number of hydrogen-bond acceptors (Lipinski definition) is 4. The van der Waals surface area contributed by atoms with Crippen LogP contribution in [-0.4, -0.2) is 18.6 Å². The molecule has 0 amide bonds. The molecule has 0 N–H and O–H groups in total. The molecule has 4 heteroatoms. The number of benzene rings is 4. The van der Waals surface area contributed by atoms with Crippen LogP contribution in [0, 0.1) is 5.92 Å². The summed E-state index contributed by atoms with van der Waals surface area (Å²) in [6.07, 6.45) is 0. The summed E-state index contributed by atoms with van der Waals surface area (Å²) >= 11 is 0. The molecule has 1 aliphatic heterocycles. The van der Waals surface area contributed by atoms with Crippen molar-refractivity contribution in [3.05, 3.63) is 132 Å². The molecule has 4 aromatic carbocycles. The number of nitrogens with zero attached hydrogens (tertiary/aromatic N) is 2. The van der Waals surface area contributed by atoms with Crippen molar-refractivity contribution in [3.63, 3.8) is 0 Å². The van der Waals surface area contributed by atoms with Gasteiger partial charge in [0, 0.05) is 5.56 Å². The third kappa shape index (κ3) is 4.03. The Kier molecular flexibility index (Phi) is 5.73. The van der Waals surface area contributed by atoms with Gasteiger partial charge in [-0.1, -0.05) is 78.9 Å². The lowest BCUT2D eigenvalue weighted by Crippen LogP contribution is -2.32. The van der Waals surface area contributed by atoms with Gasteiger partial charge in [-0.2, -0.15) is 5.10 Å². The monoisotopic (exact) mass is 432 g/mol. The Morgan fingerprint density at radius 3 is 1.94 bits per heavy atom. The fourth-order valence-corrected chi connectivity index (χ4v) is 4.36. The van der Waals surface area contributed by atoms with Crippen LogP contribution in [-0.2, 0) is 0 Å². The second kappa shape index (κ2) is 9.13. The molecular formula is C29H24N2O2. The van der Waals surface area contributed by atoms with Crippen molar-refractivity contribution in [2.24, 2.45) is 11.0 Å². The number of methoxy groups -OCH3 is 1. The van der Waals surface area contributed by atoms with Gasteiger partial charge in [-0.3, -0.25) is 9.80 Å². The lowest BCUT2D eigenvalue weighted by atomic mass is 9.81. The summed E-state index contributed by atoms with van der Waals surface area (Å²) in [5.74, 6) is 0.288. The van der Waals surface area contributed by atoms with Crippen molar-refractivity contribution in [2.75, 3.05) is 12.1 Å². The highest BCUT2D eigenvalue weighted by atomic mass is 16.5. The molecule has 0 radical (unpaired) electrons. The van der Waals surface area contributed by atoms with Crippen LogP contribution in [0.2, 0.25) is 0 Å². The average Bonchev–Trinajstić information content (AvgIpc) is 3.30. The fraction of sp³-hybridized carbons (Fsp3) is 0.103. The Morgan fingerprint density at radius 1 is 0.758 bits per heavy atom. The first kappa shape index (κ1) is 20.7. The Balaban J connectivity index is 1.67. The van der Waals surface area contributed by atoms with E-state index in [4.69, 9.17) is 9.84 Å². The Morgan fingerprint density at radius 2 is 1.33 bits per heavy atom. The van der Waals surface area contributed by atoms with Crippen LogP contribution in [0.3, 0.4) is 0 Å². The predicted octanol–water partition coefficient (Wildman–Crippen LogP) is 6.16. The number of ether oxygens (including phenoxy) is 1. The SMILES string of the molecule is COc1ccc(C(=O)[C@H]2C(c3ccccc3)=NN(c3ccccc3)[C@@H]2c2ccccc2)cc1. The molecule has 0 fully saturated rings. The van der Waals surface area contributed by atoms with Crippen LogP contribution in [0.15, 0.2) is 120 Å². The molecule has 0 bridgehead atoms. The lowest BCUT2D eigenvalue weighted by molar-refractivity contribution is 0.0944. The number of rotatable bonds is 6. The van der Waals surface area contributed by atoms with E-state index in [2.05, 4.69) is 12.1 Å². The molecule has 1 aliphatic rings. The highest BCUT2D eigenvalue weighted by Crippen LogP contribution is 2.42. The second-order valence-electron chi connectivity index (χ2n) is 7.96. The average molecular weight is 433 g/mol. The molecule has 4 aromatic rings. The smallest absolute Gasteiger partial charge is 0.174 e. The van der Waals surface area contributed by atoms with E-state index in [0.29, 0.717) is 5.56 Å². The van der Waals surface area contributed by atoms with Crippen molar-refractivity contribution < 1.29 is 9.53 Å². The van der Waals surface area contributed by atoms with Gasteiger partial charge >= 0.3 is 0 Å². The number of hydrazone groups is 1. The van der Waals surface area contributed by atoms with E-state index in [-0.39, 0.29) is 11.8 Å². The van der Waals surface area contributed by atoms with Gasteiger partial charge in [0.25, 0.3) is 0 Å². The van der Waals surface area contributed by atoms with Gasteiger partial charge < -0.3 is 4.74 Å². The fourth-order valence-electron chi connectivity index (χ4n) is 4.36. The van der Waals surface area contributed by atoms with E-state index in [1.165, 1.54) is 0 Å². The molecule has 5 rings (SSSR count). The zero-order chi connectivity index (χ0) is 22.6. The highest BCUT2D eigenvalue weighted by Gasteiger charge is 2.44. The number of carbonyl (C=O) groups is 1. The minimum absolute atomic E-state index is 0.0348. The largest absolute Gasteiger partial charge is 0.497 e. The number of hydrogen-bond donors (Lipinski definition) is 0. The van der Waals surface area contributed by atoms with E-state index in [1.807, 2.05) is 108 Å². The molecule has 0 aliphatic carbocycles. The lowest BCUT2D eigenvalue weighted by Gasteiger charge is -2.28. The maximum Gasteiger partial charge on any atom is 0.174 e. The van der Waals surface area contributed by atoms with Gasteiger partial charge in [-0.25, -0.2) is 0 Å². The third-order valence-corrected chi connectivity index (χ3v) is 5.98. The molecule has 33 heavy (non-hydrogen) atoms. The van der Waals surface area contributed by atoms with Crippen LogP contribution in [0.25, 0.3) is 0 Å². The maximum atomic E-state index is 14.0. The van der Waals surface area contributed by atoms with E-state index >= 15 is 0 Å². The maximum absolute atomic E-state index is 14.0. The van der Waals surface area contributed by atoms with Gasteiger partial charge in [0.1, 0.15) is 5.75 Å². The number of Topliss-reactive ketones (excluding diaryl/α,β-unsaturated/α-hetero) is 1. The Hall–Kier alpha value is -4.18. The normalized spacial score (nSPS) is 17.5. The topological polar surface area (TPSA) is 41.9 Å². The molecule has 4 nitrogen and oxygen atoms in total. The summed E-state index contributed by atoms with van der Waals surface area (Å²) < 4.78 is 5.29. The van der Waals surface area contributed by atoms with Crippen molar-refractivity contribution in [3.8, 4) is 5.75 Å². The van der Waals surface area contributed by atoms with Crippen LogP contribution in [0.4, 0.5) is 5.69 Å². The number of carbonyl (C=O) groups excluding carboxylic acids is 1. The number of ketones is 1. The summed E-state index contributed by atoms with van der Waals surface area (Å²) in [7, 11) is 1.62. The Bertz CT molecular complexity index is 1250. The number of para-hydroxylation sites is 1. The van der Waals surface area contributed by atoms with E-state index in [0.717, 1.165) is 28.3 Å². The predicted molar refractivity (Wildman–Crippen MR) is 132 cm³/mol.